The van der Waals surface area contributed by atoms with E-state index in [-0.39, 0.29) is 11.3 Å². The Morgan fingerprint density at radius 2 is 1.69 bits per heavy atom. The number of hydrogen-bond acceptors (Lipinski definition) is 4. The van der Waals surface area contributed by atoms with Crippen molar-refractivity contribution in [3.05, 3.63) is 65.0 Å². The minimum absolute atomic E-state index is 0.0936. The normalized spacial score (nSPS) is 12.0. The van der Waals surface area contributed by atoms with Crippen LogP contribution in [0.15, 0.2) is 42.5 Å². The first-order valence-electron chi connectivity index (χ1n) is 7.04. The maximum atomic E-state index is 14.0. The van der Waals surface area contributed by atoms with Crippen LogP contribution in [-0.2, 0) is 22.7 Å². The Morgan fingerprint density at radius 1 is 1.12 bits per heavy atom. The van der Waals surface area contributed by atoms with Gasteiger partial charge >= 0.3 is 6.18 Å². The maximum Gasteiger partial charge on any atom is 0.416 e. The number of hydrogen-bond donors (Lipinski definition) is 0. The number of carbonyl (C=O) groups excluding carboxylic acids is 1. The molecule has 0 aliphatic heterocycles. The van der Waals surface area contributed by atoms with Crippen molar-refractivity contribution in [3.8, 4) is 0 Å². The summed E-state index contributed by atoms with van der Waals surface area (Å²) in [4.78, 5) is 10.7. The van der Waals surface area contributed by atoms with Crippen LogP contribution in [0.25, 0.3) is 0 Å². The highest BCUT2D eigenvalue weighted by Gasteiger charge is 2.30. The van der Waals surface area contributed by atoms with E-state index in [1.54, 1.807) is 0 Å². The molecular weight excluding hydrogens is 378 g/mol. The van der Waals surface area contributed by atoms with Gasteiger partial charge in [-0.1, -0.05) is 12.1 Å². The van der Waals surface area contributed by atoms with E-state index in [1.165, 1.54) is 0 Å². The Kier molecular flexibility index (Phi) is 5.26. The van der Waals surface area contributed by atoms with E-state index in [4.69, 9.17) is 0 Å². The molecule has 2 aromatic carbocycles. The molecule has 0 radical (unpaired) electrons. The quantitative estimate of drug-likeness (QED) is 0.734. The molecule has 140 valence electrons. The number of aromatic carboxylic acids is 1. The van der Waals surface area contributed by atoms with Crippen LogP contribution in [0.3, 0.4) is 0 Å². The molecule has 0 saturated heterocycles. The first-order chi connectivity index (χ1) is 11.9. The van der Waals surface area contributed by atoms with Crippen molar-refractivity contribution >= 4 is 21.7 Å². The molecule has 0 aromatic heterocycles. The Bertz CT molecular complexity index is 924. The molecule has 0 saturated carbocycles. The van der Waals surface area contributed by atoms with Gasteiger partial charge in [-0.2, -0.15) is 13.2 Å². The summed E-state index contributed by atoms with van der Waals surface area (Å²) in [5.41, 5.74) is -1.63. The number of carboxylic acids is 1. The zero-order chi connectivity index (χ0) is 19.7. The van der Waals surface area contributed by atoms with Gasteiger partial charge in [0.15, 0.2) is 0 Å². The fourth-order valence-electron chi connectivity index (χ4n) is 2.17. The number of rotatable bonds is 5. The number of carboxylic acid groups (broad SMARTS) is 1. The molecule has 0 spiro atoms. The van der Waals surface area contributed by atoms with E-state index in [2.05, 4.69) is 0 Å². The number of anilines is 1. The zero-order valence-corrected chi connectivity index (χ0v) is 14.1. The molecule has 0 N–H and O–H groups in total. The molecule has 0 fully saturated rings. The van der Waals surface area contributed by atoms with E-state index in [0.717, 1.165) is 30.5 Å². The summed E-state index contributed by atoms with van der Waals surface area (Å²) in [6, 6.07) is 6.13. The molecule has 0 amide bonds. The number of alkyl halides is 3. The van der Waals surface area contributed by atoms with Gasteiger partial charge in [-0.3, -0.25) is 4.31 Å². The Morgan fingerprint density at radius 3 is 2.12 bits per heavy atom. The van der Waals surface area contributed by atoms with Crippen LogP contribution in [0, 0.1) is 5.82 Å². The van der Waals surface area contributed by atoms with Gasteiger partial charge in [0.05, 0.1) is 30.0 Å². The second-order valence-electron chi connectivity index (χ2n) is 5.41. The standard InChI is InChI=1S/C16H13F4NO4S/c1-26(24,25)21(13-6-4-12(5-7-13)16(18,19)20)9-11-3-2-10(15(22)23)8-14(11)17/h2-8H,9H2,1H3,(H,22,23)/p-1. The summed E-state index contributed by atoms with van der Waals surface area (Å²) in [5.74, 6) is -2.58. The number of carbonyl (C=O) groups is 1. The van der Waals surface area contributed by atoms with Gasteiger partial charge in [-0.25, -0.2) is 12.8 Å². The fraction of sp³-hybridized carbons (Fsp3) is 0.188. The topological polar surface area (TPSA) is 77.5 Å². The highest BCUT2D eigenvalue weighted by molar-refractivity contribution is 7.92. The lowest BCUT2D eigenvalue weighted by molar-refractivity contribution is -0.255. The predicted octanol–water partition coefficient (Wildman–Crippen LogP) is 2.17. The summed E-state index contributed by atoms with van der Waals surface area (Å²) < 4.78 is 76.6. The third kappa shape index (κ3) is 4.51. The molecule has 10 heteroatoms. The summed E-state index contributed by atoms with van der Waals surface area (Å²) >= 11 is 0. The molecule has 2 rings (SSSR count). The van der Waals surface area contributed by atoms with Crippen molar-refractivity contribution in [1.82, 2.24) is 0 Å². The van der Waals surface area contributed by atoms with Gasteiger partial charge in [0.1, 0.15) is 5.82 Å². The van der Waals surface area contributed by atoms with Gasteiger partial charge in [0.25, 0.3) is 0 Å². The van der Waals surface area contributed by atoms with Crippen molar-refractivity contribution < 1.29 is 35.9 Å². The number of sulfonamides is 1. The molecule has 5 nitrogen and oxygen atoms in total. The van der Waals surface area contributed by atoms with Crippen LogP contribution in [0.5, 0.6) is 0 Å². The fourth-order valence-corrected chi connectivity index (χ4v) is 3.05. The van der Waals surface area contributed by atoms with Gasteiger partial charge < -0.3 is 9.90 Å². The number of halogens is 4. The Balaban J connectivity index is 2.40. The number of nitrogens with zero attached hydrogens (tertiary/aromatic N) is 1. The summed E-state index contributed by atoms with van der Waals surface area (Å²) in [6.07, 6.45) is -3.76. The first-order valence-corrected chi connectivity index (χ1v) is 8.89. The van der Waals surface area contributed by atoms with Crippen LogP contribution in [-0.4, -0.2) is 20.6 Å². The van der Waals surface area contributed by atoms with Crippen molar-refractivity contribution in [1.29, 1.82) is 0 Å². The highest BCUT2D eigenvalue weighted by Crippen LogP contribution is 2.31. The lowest BCUT2D eigenvalue weighted by atomic mass is 10.1. The minimum atomic E-state index is -4.58. The molecule has 26 heavy (non-hydrogen) atoms. The van der Waals surface area contributed by atoms with Crippen molar-refractivity contribution in [3.63, 3.8) is 0 Å². The van der Waals surface area contributed by atoms with Gasteiger partial charge in [0.2, 0.25) is 10.0 Å². The van der Waals surface area contributed by atoms with Crippen LogP contribution < -0.4 is 9.41 Å². The smallest absolute Gasteiger partial charge is 0.416 e. The SMILES string of the molecule is CS(=O)(=O)N(Cc1ccc(C(=O)[O-])cc1F)c1ccc(C(F)(F)F)cc1. The summed E-state index contributed by atoms with van der Waals surface area (Å²) in [6.45, 7) is -0.524. The first kappa shape index (κ1) is 19.7. The maximum absolute atomic E-state index is 14.0. The van der Waals surface area contributed by atoms with Gasteiger partial charge in [-0.05, 0) is 30.3 Å². The average molecular weight is 390 g/mol. The van der Waals surface area contributed by atoms with E-state index in [9.17, 15) is 35.9 Å². The van der Waals surface area contributed by atoms with E-state index >= 15 is 0 Å². The lowest BCUT2D eigenvalue weighted by Gasteiger charge is -2.23. The molecule has 0 aliphatic carbocycles. The van der Waals surface area contributed by atoms with Crippen LogP contribution in [0.4, 0.5) is 23.2 Å². The van der Waals surface area contributed by atoms with Crippen molar-refractivity contribution in [2.75, 3.05) is 10.6 Å². The Labute approximate surface area is 146 Å². The number of benzene rings is 2. The van der Waals surface area contributed by atoms with Crippen LogP contribution in [0.1, 0.15) is 21.5 Å². The zero-order valence-electron chi connectivity index (χ0n) is 13.2. The predicted molar refractivity (Wildman–Crippen MR) is 83.2 cm³/mol. The average Bonchev–Trinajstić information content (AvgIpc) is 2.51. The molecule has 0 atom stereocenters. The van der Waals surface area contributed by atoms with Crippen LogP contribution >= 0.6 is 0 Å². The van der Waals surface area contributed by atoms with Crippen LogP contribution in [0.2, 0.25) is 0 Å². The third-order valence-corrected chi connectivity index (χ3v) is 4.63. The molecular formula is C16H12F4NO4S-. The summed E-state index contributed by atoms with van der Waals surface area (Å²) in [5, 5.41) is 10.7. The largest absolute Gasteiger partial charge is 0.545 e. The monoisotopic (exact) mass is 390 g/mol. The third-order valence-electron chi connectivity index (χ3n) is 3.49. The second kappa shape index (κ2) is 6.94. The second-order valence-corrected chi connectivity index (χ2v) is 7.31. The minimum Gasteiger partial charge on any atom is -0.545 e. The molecule has 0 bridgehead atoms. The molecule has 0 heterocycles. The van der Waals surface area contributed by atoms with E-state index in [0.29, 0.717) is 22.5 Å². The van der Waals surface area contributed by atoms with Crippen molar-refractivity contribution in [2.45, 2.75) is 12.7 Å². The van der Waals surface area contributed by atoms with E-state index in [1.807, 2.05) is 0 Å². The molecule has 2 aromatic rings. The van der Waals surface area contributed by atoms with Gasteiger partial charge in [0, 0.05) is 11.1 Å². The summed E-state index contributed by atoms with van der Waals surface area (Å²) in [7, 11) is -3.95. The van der Waals surface area contributed by atoms with Gasteiger partial charge in [-0.15, -0.1) is 0 Å². The van der Waals surface area contributed by atoms with Crippen molar-refractivity contribution in [2.24, 2.45) is 0 Å². The molecule has 0 unspecified atom stereocenters. The Hall–Kier alpha value is -2.62. The molecule has 0 aliphatic rings. The van der Waals surface area contributed by atoms with E-state index < -0.39 is 45.7 Å². The lowest BCUT2D eigenvalue weighted by Crippen LogP contribution is -2.30. The highest BCUT2D eigenvalue weighted by atomic mass is 32.2.